The van der Waals surface area contributed by atoms with E-state index in [1.165, 1.54) is 0 Å². The van der Waals surface area contributed by atoms with Gasteiger partial charge in [-0.05, 0) is 6.42 Å². The Hall–Kier alpha value is -1.17. The Morgan fingerprint density at radius 2 is 2.00 bits per heavy atom. The minimum Gasteiger partial charge on any atom is -0.425 e. The van der Waals surface area contributed by atoms with Crippen LogP contribution in [-0.4, -0.2) is 34.2 Å². The largest absolute Gasteiger partial charge is 0.425 e. The van der Waals surface area contributed by atoms with Crippen LogP contribution in [0.15, 0.2) is 12.7 Å². The van der Waals surface area contributed by atoms with E-state index in [4.69, 9.17) is 19.3 Å². The van der Waals surface area contributed by atoms with Crippen LogP contribution in [0, 0.1) is 0 Å². The number of hydrogen-bond donors (Lipinski definition) is 2. The van der Waals surface area contributed by atoms with Crippen LogP contribution < -0.4 is 0 Å². The van der Waals surface area contributed by atoms with E-state index in [9.17, 15) is 14.2 Å². The molecule has 104 valence electrons. The molecule has 18 heavy (non-hydrogen) atoms. The van der Waals surface area contributed by atoms with Crippen molar-refractivity contribution < 1.29 is 33.4 Å². The quantitative estimate of drug-likeness (QED) is 0.295. The molecule has 0 saturated carbocycles. The van der Waals surface area contributed by atoms with Gasteiger partial charge in [0.1, 0.15) is 0 Å². The van der Waals surface area contributed by atoms with Crippen LogP contribution in [0.25, 0.3) is 0 Å². The lowest BCUT2D eigenvalue weighted by Crippen LogP contribution is -2.24. The third kappa shape index (κ3) is 8.92. The molecule has 0 aliphatic rings. The molecule has 0 aliphatic heterocycles. The van der Waals surface area contributed by atoms with Gasteiger partial charge in [0.15, 0.2) is 0 Å². The van der Waals surface area contributed by atoms with E-state index in [1.54, 1.807) is 6.92 Å². The third-order valence-electron chi connectivity index (χ3n) is 1.81. The molecule has 0 aromatic heterocycles. The van der Waals surface area contributed by atoms with Gasteiger partial charge in [-0.25, -0.2) is 4.79 Å². The molecule has 1 atom stereocenters. The van der Waals surface area contributed by atoms with Crippen molar-refractivity contribution in [2.45, 2.75) is 32.5 Å². The first-order valence-electron chi connectivity index (χ1n) is 5.35. The topological polar surface area (TPSA) is 110 Å². The van der Waals surface area contributed by atoms with Crippen LogP contribution in [0.1, 0.15) is 26.2 Å². The summed E-state index contributed by atoms with van der Waals surface area (Å²) in [5.74, 6) is -1.55. The molecule has 0 fully saturated rings. The van der Waals surface area contributed by atoms with Crippen LogP contribution in [0.3, 0.4) is 0 Å². The molecule has 0 spiro atoms. The normalized spacial score (nSPS) is 12.6. The number of esters is 2. The monoisotopic (exact) mass is 280 g/mol. The molecule has 0 rings (SSSR count). The van der Waals surface area contributed by atoms with Crippen molar-refractivity contribution in [2.24, 2.45) is 0 Å². The van der Waals surface area contributed by atoms with Crippen LogP contribution in [0.2, 0.25) is 0 Å². The lowest BCUT2D eigenvalue weighted by atomic mass is 10.3. The highest BCUT2D eigenvalue weighted by atomic mass is 31.2. The summed E-state index contributed by atoms with van der Waals surface area (Å²) in [4.78, 5) is 39.4. The van der Waals surface area contributed by atoms with E-state index < -0.39 is 38.4 Å². The molecule has 0 heterocycles. The van der Waals surface area contributed by atoms with Crippen molar-refractivity contribution in [3.8, 4) is 0 Å². The Kier molecular flexibility index (Phi) is 7.50. The summed E-state index contributed by atoms with van der Waals surface area (Å²) < 4.78 is 20.1. The Balaban J connectivity index is 4.23. The molecule has 0 aromatic rings. The predicted molar refractivity (Wildman–Crippen MR) is 62.6 cm³/mol. The molecule has 0 aliphatic carbocycles. The first-order chi connectivity index (χ1) is 8.28. The molecule has 0 saturated heterocycles. The zero-order chi connectivity index (χ0) is 14.2. The van der Waals surface area contributed by atoms with Gasteiger partial charge in [-0.1, -0.05) is 13.5 Å². The maximum atomic E-state index is 11.3. The number of carbonyl (C=O) groups is 2. The summed E-state index contributed by atoms with van der Waals surface area (Å²) in [5.41, 5.74) is 0. The SMILES string of the molecule is C=CC(=O)OC(CCC)OC(=O)CCP(=O)(O)O. The van der Waals surface area contributed by atoms with Gasteiger partial charge in [-0.2, -0.15) is 0 Å². The zero-order valence-electron chi connectivity index (χ0n) is 10.1. The Morgan fingerprint density at radius 1 is 1.39 bits per heavy atom. The first kappa shape index (κ1) is 16.8. The number of carbonyl (C=O) groups excluding carboxylic acids is 2. The third-order valence-corrected chi connectivity index (χ3v) is 2.61. The second-order valence-electron chi connectivity index (χ2n) is 3.49. The molecule has 0 radical (unpaired) electrons. The number of hydrogen-bond acceptors (Lipinski definition) is 5. The number of rotatable bonds is 8. The van der Waals surface area contributed by atoms with E-state index in [0.717, 1.165) is 6.08 Å². The minimum atomic E-state index is -4.24. The Labute approximate surface area is 105 Å². The van der Waals surface area contributed by atoms with Gasteiger partial charge in [0.2, 0.25) is 6.29 Å². The van der Waals surface area contributed by atoms with Gasteiger partial charge < -0.3 is 19.3 Å². The van der Waals surface area contributed by atoms with E-state index in [1.807, 2.05) is 0 Å². The average molecular weight is 280 g/mol. The summed E-state index contributed by atoms with van der Waals surface area (Å²) in [6.45, 7) is 5.01. The Bertz CT molecular complexity index is 346. The van der Waals surface area contributed by atoms with E-state index >= 15 is 0 Å². The van der Waals surface area contributed by atoms with Gasteiger partial charge in [0, 0.05) is 12.5 Å². The molecule has 2 N–H and O–H groups in total. The van der Waals surface area contributed by atoms with Crippen LogP contribution in [0.4, 0.5) is 0 Å². The summed E-state index contributed by atoms with van der Waals surface area (Å²) >= 11 is 0. The van der Waals surface area contributed by atoms with Crippen molar-refractivity contribution in [1.29, 1.82) is 0 Å². The molecular weight excluding hydrogens is 263 g/mol. The highest BCUT2D eigenvalue weighted by Crippen LogP contribution is 2.34. The summed E-state index contributed by atoms with van der Waals surface area (Å²) in [6, 6.07) is 0. The highest BCUT2D eigenvalue weighted by Gasteiger charge is 2.20. The second kappa shape index (κ2) is 8.02. The van der Waals surface area contributed by atoms with Crippen LogP contribution >= 0.6 is 7.60 Å². The first-order valence-corrected chi connectivity index (χ1v) is 7.15. The number of ether oxygens (including phenoxy) is 2. The van der Waals surface area contributed by atoms with Crippen molar-refractivity contribution >= 4 is 19.5 Å². The smallest absolute Gasteiger partial charge is 0.333 e. The van der Waals surface area contributed by atoms with Crippen molar-refractivity contribution in [3.05, 3.63) is 12.7 Å². The molecule has 0 amide bonds. The van der Waals surface area contributed by atoms with Gasteiger partial charge in [0.25, 0.3) is 0 Å². The average Bonchev–Trinajstić information content (AvgIpc) is 2.25. The maximum Gasteiger partial charge on any atom is 0.333 e. The molecular formula is C10H17O7P. The van der Waals surface area contributed by atoms with Gasteiger partial charge in [-0.15, -0.1) is 0 Å². The fraction of sp³-hybridized carbons (Fsp3) is 0.600. The lowest BCUT2D eigenvalue weighted by molar-refractivity contribution is -0.185. The summed E-state index contributed by atoms with van der Waals surface area (Å²) in [7, 11) is -4.24. The highest BCUT2D eigenvalue weighted by molar-refractivity contribution is 7.51. The fourth-order valence-corrected chi connectivity index (χ4v) is 1.47. The Morgan fingerprint density at radius 3 is 2.44 bits per heavy atom. The summed E-state index contributed by atoms with van der Waals surface area (Å²) in [5, 5.41) is 0. The van der Waals surface area contributed by atoms with Gasteiger partial charge >= 0.3 is 19.5 Å². The summed E-state index contributed by atoms with van der Waals surface area (Å²) in [6.07, 6.45) is -0.227. The lowest BCUT2D eigenvalue weighted by Gasteiger charge is -2.16. The van der Waals surface area contributed by atoms with E-state index in [0.29, 0.717) is 12.8 Å². The molecule has 8 heteroatoms. The van der Waals surface area contributed by atoms with Crippen LogP contribution in [-0.2, 0) is 23.6 Å². The van der Waals surface area contributed by atoms with E-state index in [2.05, 4.69) is 6.58 Å². The fourth-order valence-electron chi connectivity index (χ4n) is 0.998. The molecule has 0 bridgehead atoms. The molecule has 1 unspecified atom stereocenters. The zero-order valence-corrected chi connectivity index (χ0v) is 11.0. The van der Waals surface area contributed by atoms with Gasteiger partial charge in [-0.3, -0.25) is 9.36 Å². The van der Waals surface area contributed by atoms with Crippen molar-refractivity contribution in [1.82, 2.24) is 0 Å². The van der Waals surface area contributed by atoms with Crippen molar-refractivity contribution in [2.75, 3.05) is 6.16 Å². The standard InChI is InChI=1S/C10H17O7P/c1-3-5-10(16-8(11)4-2)17-9(12)6-7-18(13,14)15/h4,10H,2-3,5-7H2,1H3,(H2,13,14,15). The van der Waals surface area contributed by atoms with Gasteiger partial charge in [0.05, 0.1) is 12.6 Å². The maximum absolute atomic E-state index is 11.3. The van der Waals surface area contributed by atoms with Crippen LogP contribution in [0.5, 0.6) is 0 Å². The molecule has 7 nitrogen and oxygen atoms in total. The van der Waals surface area contributed by atoms with E-state index in [-0.39, 0.29) is 0 Å². The molecule has 0 aromatic carbocycles. The minimum absolute atomic E-state index is 0.307. The van der Waals surface area contributed by atoms with Crippen molar-refractivity contribution in [3.63, 3.8) is 0 Å². The second-order valence-corrected chi connectivity index (χ2v) is 5.26. The predicted octanol–water partition coefficient (Wildman–Crippen LogP) is 0.953.